The maximum absolute atomic E-state index is 5.95. The Balaban J connectivity index is 1.97. The number of fused-ring (bicyclic) bond motifs is 1. The highest BCUT2D eigenvalue weighted by Crippen LogP contribution is 2.40. The van der Waals surface area contributed by atoms with Crippen LogP contribution in [0.4, 0.5) is 11.4 Å². The molecule has 0 spiro atoms. The zero-order valence-electron chi connectivity index (χ0n) is 11.1. The van der Waals surface area contributed by atoms with Crippen molar-refractivity contribution in [1.82, 2.24) is 5.32 Å². The molecule has 0 radical (unpaired) electrons. The Morgan fingerprint density at radius 2 is 2.06 bits per heavy atom. The number of nitrogens with one attached hydrogen (secondary N) is 1. The summed E-state index contributed by atoms with van der Waals surface area (Å²) < 4.78 is 5.95. The maximum Gasteiger partial charge on any atom is 0.145 e. The van der Waals surface area contributed by atoms with Crippen LogP contribution in [-0.2, 0) is 0 Å². The maximum atomic E-state index is 5.95. The molecule has 1 aromatic rings. The van der Waals surface area contributed by atoms with Crippen LogP contribution in [0.5, 0.6) is 5.75 Å². The molecule has 0 aliphatic carbocycles. The summed E-state index contributed by atoms with van der Waals surface area (Å²) in [5, 5.41) is 3.40. The fourth-order valence-corrected chi connectivity index (χ4v) is 2.88. The molecule has 4 heteroatoms. The zero-order valence-corrected chi connectivity index (χ0v) is 11.1. The van der Waals surface area contributed by atoms with E-state index in [4.69, 9.17) is 4.74 Å². The Morgan fingerprint density at radius 1 is 1.28 bits per heavy atom. The second kappa shape index (κ2) is 4.69. The van der Waals surface area contributed by atoms with Gasteiger partial charge in [0.05, 0.1) is 12.2 Å². The zero-order chi connectivity index (χ0) is 12.5. The summed E-state index contributed by atoms with van der Waals surface area (Å²) in [5.41, 5.74) is 2.56. The minimum Gasteiger partial charge on any atom is -0.487 e. The Morgan fingerprint density at radius 3 is 2.83 bits per heavy atom. The first kappa shape index (κ1) is 11.7. The Labute approximate surface area is 109 Å². The number of hydrogen-bond acceptors (Lipinski definition) is 4. The molecule has 0 bridgehead atoms. The third-order valence-electron chi connectivity index (χ3n) is 3.68. The van der Waals surface area contributed by atoms with Crippen molar-refractivity contribution in [1.29, 1.82) is 0 Å². The Kier molecular flexibility index (Phi) is 3.04. The SMILES string of the molecule is CC1CN(C)c2c(cccc2N2CCNCC2)O1. The summed E-state index contributed by atoms with van der Waals surface area (Å²) >= 11 is 0. The van der Waals surface area contributed by atoms with E-state index in [0.717, 1.165) is 38.5 Å². The van der Waals surface area contributed by atoms with E-state index in [9.17, 15) is 0 Å². The molecule has 1 unspecified atom stereocenters. The lowest BCUT2D eigenvalue weighted by Gasteiger charge is -2.38. The van der Waals surface area contributed by atoms with Crippen molar-refractivity contribution in [2.45, 2.75) is 13.0 Å². The van der Waals surface area contributed by atoms with Gasteiger partial charge in [-0.1, -0.05) is 6.07 Å². The van der Waals surface area contributed by atoms with E-state index >= 15 is 0 Å². The van der Waals surface area contributed by atoms with Crippen LogP contribution in [0, 0.1) is 0 Å². The molecule has 1 saturated heterocycles. The molecule has 0 saturated carbocycles. The summed E-state index contributed by atoms with van der Waals surface area (Å²) in [7, 11) is 2.16. The van der Waals surface area contributed by atoms with Crippen molar-refractivity contribution in [2.24, 2.45) is 0 Å². The number of anilines is 2. The van der Waals surface area contributed by atoms with Gasteiger partial charge in [0.1, 0.15) is 17.5 Å². The van der Waals surface area contributed by atoms with Crippen molar-refractivity contribution in [3.05, 3.63) is 18.2 Å². The molecule has 0 aromatic heterocycles. The molecular weight excluding hydrogens is 226 g/mol. The molecule has 98 valence electrons. The first-order valence-electron chi connectivity index (χ1n) is 6.72. The van der Waals surface area contributed by atoms with E-state index in [-0.39, 0.29) is 6.10 Å². The number of hydrogen-bond donors (Lipinski definition) is 1. The molecule has 2 aliphatic heterocycles. The van der Waals surface area contributed by atoms with Gasteiger partial charge in [0, 0.05) is 33.2 Å². The van der Waals surface area contributed by atoms with Crippen molar-refractivity contribution in [3.63, 3.8) is 0 Å². The van der Waals surface area contributed by atoms with Gasteiger partial charge in [0.2, 0.25) is 0 Å². The van der Waals surface area contributed by atoms with E-state index in [0.29, 0.717) is 0 Å². The van der Waals surface area contributed by atoms with Crippen LogP contribution in [0.15, 0.2) is 18.2 Å². The number of likely N-dealkylation sites (N-methyl/N-ethyl adjacent to an activating group) is 1. The van der Waals surface area contributed by atoms with Crippen LogP contribution in [0.2, 0.25) is 0 Å². The van der Waals surface area contributed by atoms with Crippen LogP contribution in [0.3, 0.4) is 0 Å². The highest BCUT2D eigenvalue weighted by molar-refractivity contribution is 5.78. The lowest BCUT2D eigenvalue weighted by molar-refractivity contribution is 0.215. The first-order valence-corrected chi connectivity index (χ1v) is 6.72. The fraction of sp³-hybridized carbons (Fsp3) is 0.571. The molecule has 18 heavy (non-hydrogen) atoms. The van der Waals surface area contributed by atoms with Crippen molar-refractivity contribution < 1.29 is 4.74 Å². The molecule has 1 aromatic carbocycles. The highest BCUT2D eigenvalue weighted by atomic mass is 16.5. The largest absolute Gasteiger partial charge is 0.487 e. The lowest BCUT2D eigenvalue weighted by Crippen LogP contribution is -2.45. The average molecular weight is 247 g/mol. The first-order chi connectivity index (χ1) is 8.75. The normalized spacial score (nSPS) is 23.6. The molecule has 1 N–H and O–H groups in total. The predicted molar refractivity (Wildman–Crippen MR) is 74.9 cm³/mol. The second-order valence-corrected chi connectivity index (χ2v) is 5.17. The van der Waals surface area contributed by atoms with Gasteiger partial charge in [-0.25, -0.2) is 0 Å². The van der Waals surface area contributed by atoms with Gasteiger partial charge in [0.15, 0.2) is 0 Å². The third-order valence-corrected chi connectivity index (χ3v) is 3.68. The summed E-state index contributed by atoms with van der Waals surface area (Å²) in [4.78, 5) is 4.77. The number of para-hydroxylation sites is 1. The van der Waals surface area contributed by atoms with E-state index in [1.807, 2.05) is 0 Å². The van der Waals surface area contributed by atoms with Crippen LogP contribution in [0.1, 0.15) is 6.92 Å². The minimum absolute atomic E-state index is 0.265. The monoisotopic (exact) mass is 247 g/mol. The standard InChI is InChI=1S/C14H21N3O/c1-11-10-16(2)14-12(4-3-5-13(14)18-11)17-8-6-15-7-9-17/h3-5,11,15H,6-10H2,1-2H3. The number of benzene rings is 1. The van der Waals surface area contributed by atoms with Crippen LogP contribution in [-0.4, -0.2) is 45.9 Å². The van der Waals surface area contributed by atoms with Crippen LogP contribution < -0.4 is 19.9 Å². The molecule has 2 aliphatic rings. The molecule has 1 fully saturated rings. The topological polar surface area (TPSA) is 27.7 Å². The number of piperazine rings is 1. The quantitative estimate of drug-likeness (QED) is 0.810. The van der Waals surface area contributed by atoms with Gasteiger partial charge >= 0.3 is 0 Å². The minimum atomic E-state index is 0.265. The molecule has 1 atom stereocenters. The van der Waals surface area contributed by atoms with Crippen LogP contribution in [0.25, 0.3) is 0 Å². The van der Waals surface area contributed by atoms with Gasteiger partial charge in [0.25, 0.3) is 0 Å². The number of rotatable bonds is 1. The summed E-state index contributed by atoms with van der Waals surface area (Å²) in [6.45, 7) is 7.34. The predicted octanol–water partition coefficient (Wildman–Crippen LogP) is 1.31. The summed E-state index contributed by atoms with van der Waals surface area (Å²) in [5.74, 6) is 1.02. The van der Waals surface area contributed by atoms with Gasteiger partial charge in [-0.3, -0.25) is 0 Å². The third kappa shape index (κ3) is 2.01. The fourth-order valence-electron chi connectivity index (χ4n) is 2.88. The summed E-state index contributed by atoms with van der Waals surface area (Å²) in [6.07, 6.45) is 0.265. The molecule has 3 rings (SSSR count). The molecule has 4 nitrogen and oxygen atoms in total. The van der Waals surface area contributed by atoms with Crippen molar-refractivity contribution in [2.75, 3.05) is 49.6 Å². The smallest absolute Gasteiger partial charge is 0.145 e. The van der Waals surface area contributed by atoms with Gasteiger partial charge in [-0.15, -0.1) is 0 Å². The lowest BCUT2D eigenvalue weighted by atomic mass is 10.1. The van der Waals surface area contributed by atoms with Gasteiger partial charge < -0.3 is 19.9 Å². The number of nitrogens with zero attached hydrogens (tertiary/aromatic N) is 2. The highest BCUT2D eigenvalue weighted by Gasteiger charge is 2.25. The molecular formula is C14H21N3O. The Hall–Kier alpha value is -1.42. The average Bonchev–Trinajstić information content (AvgIpc) is 2.38. The van der Waals surface area contributed by atoms with Crippen molar-refractivity contribution >= 4 is 11.4 Å². The van der Waals surface area contributed by atoms with Crippen molar-refractivity contribution in [3.8, 4) is 5.75 Å². The van der Waals surface area contributed by atoms with E-state index in [2.05, 4.69) is 47.3 Å². The van der Waals surface area contributed by atoms with Crippen LogP contribution >= 0.6 is 0 Å². The summed E-state index contributed by atoms with van der Waals surface area (Å²) in [6, 6.07) is 6.38. The molecule has 2 heterocycles. The second-order valence-electron chi connectivity index (χ2n) is 5.17. The molecule has 0 amide bonds. The van der Waals surface area contributed by atoms with E-state index in [1.165, 1.54) is 11.4 Å². The van der Waals surface area contributed by atoms with E-state index in [1.54, 1.807) is 0 Å². The number of ether oxygens (including phenoxy) is 1. The van der Waals surface area contributed by atoms with Gasteiger partial charge in [-0.05, 0) is 19.1 Å². The van der Waals surface area contributed by atoms with E-state index < -0.39 is 0 Å². The Bertz CT molecular complexity index is 429. The van der Waals surface area contributed by atoms with Gasteiger partial charge in [-0.2, -0.15) is 0 Å².